The van der Waals surface area contributed by atoms with E-state index >= 15 is 0 Å². The molecular formula is C18H24N2O12. The van der Waals surface area contributed by atoms with Crippen LogP contribution in [0.15, 0.2) is 0 Å². The minimum Gasteiger partial charge on any atom is -0.463 e. The molecule has 2 aliphatic rings. The van der Waals surface area contributed by atoms with Gasteiger partial charge in [-0.3, -0.25) is 19.2 Å². The molecule has 2 amide bonds. The first-order valence-electron chi connectivity index (χ1n) is 9.52. The quantitative estimate of drug-likeness (QED) is 0.238. The maximum Gasteiger partial charge on any atom is 0.415 e. The number of nitrogens with one attached hydrogen (secondary N) is 2. The van der Waals surface area contributed by atoms with Gasteiger partial charge in [-0.1, -0.05) is 0 Å². The largest absolute Gasteiger partial charge is 0.463 e. The van der Waals surface area contributed by atoms with Gasteiger partial charge < -0.3 is 39.1 Å². The molecule has 178 valence electrons. The number of carbonyl (C=O) groups excluding carboxylic acids is 6. The van der Waals surface area contributed by atoms with E-state index in [0.29, 0.717) is 0 Å². The highest BCUT2D eigenvalue weighted by atomic mass is 16.7. The molecule has 0 bridgehead atoms. The van der Waals surface area contributed by atoms with E-state index in [-0.39, 0.29) is 0 Å². The van der Waals surface area contributed by atoms with Gasteiger partial charge >= 0.3 is 30.0 Å². The van der Waals surface area contributed by atoms with Gasteiger partial charge in [0, 0.05) is 27.7 Å². The molecule has 14 heteroatoms. The van der Waals surface area contributed by atoms with Crippen LogP contribution in [0.2, 0.25) is 0 Å². The molecule has 14 nitrogen and oxygen atoms in total. The number of esters is 4. The van der Waals surface area contributed by atoms with Gasteiger partial charge in [0.15, 0.2) is 24.5 Å². The molecule has 1 unspecified atom stereocenters. The Balaban J connectivity index is 2.32. The second kappa shape index (κ2) is 10.9. The maximum absolute atomic E-state index is 11.8. The van der Waals surface area contributed by atoms with Crippen molar-refractivity contribution in [1.82, 2.24) is 10.6 Å². The third kappa shape index (κ3) is 6.88. The topological polar surface area (TPSA) is 182 Å². The SMILES string of the molecule is CC(=O)N[C@H]1[C@H](OCC2NC(=O)OC2=O)O[C@H](COC(C)=O)[C@@H](OC(C)=O)[C@@H]1OC(C)=O. The molecule has 2 fully saturated rings. The standard InChI is InChI=1S/C18H24N2O12/c1-7(21)19-13-15(30-10(4)24)14(29-9(3)23)12(6-27-8(2)22)31-17(13)28-5-11-16(25)32-18(26)20-11/h11-15,17H,5-6H2,1-4H3,(H,19,21)(H,20,26)/t11?,12-,13-,14-,15-,17-/m1/s1. The summed E-state index contributed by atoms with van der Waals surface area (Å²) in [6, 6.07) is -2.34. The maximum atomic E-state index is 11.8. The minimum atomic E-state index is -1.36. The summed E-state index contributed by atoms with van der Waals surface area (Å²) in [7, 11) is 0. The van der Waals surface area contributed by atoms with E-state index < -0.39 is 85.8 Å². The zero-order valence-corrected chi connectivity index (χ0v) is 17.8. The first-order valence-corrected chi connectivity index (χ1v) is 9.52. The normalized spacial score (nSPS) is 29.4. The average Bonchev–Trinajstić information content (AvgIpc) is 2.98. The van der Waals surface area contributed by atoms with E-state index in [1.165, 1.54) is 6.92 Å². The fourth-order valence-electron chi connectivity index (χ4n) is 3.13. The molecule has 0 radical (unpaired) electrons. The van der Waals surface area contributed by atoms with Crippen LogP contribution in [0.4, 0.5) is 4.79 Å². The summed E-state index contributed by atoms with van der Waals surface area (Å²) in [6.07, 6.45) is -6.05. The number of hydrogen-bond acceptors (Lipinski definition) is 12. The summed E-state index contributed by atoms with van der Waals surface area (Å²) >= 11 is 0. The Morgan fingerprint density at radius 2 is 1.56 bits per heavy atom. The van der Waals surface area contributed by atoms with Crippen LogP contribution in [-0.4, -0.2) is 85.8 Å². The van der Waals surface area contributed by atoms with Crippen LogP contribution in [-0.2, 0) is 52.4 Å². The fourth-order valence-corrected chi connectivity index (χ4v) is 3.13. The van der Waals surface area contributed by atoms with E-state index in [1.807, 2.05) is 0 Å². The van der Waals surface area contributed by atoms with Crippen molar-refractivity contribution in [1.29, 1.82) is 0 Å². The van der Waals surface area contributed by atoms with E-state index in [4.69, 9.17) is 23.7 Å². The summed E-state index contributed by atoms with van der Waals surface area (Å²) in [6.45, 7) is 3.72. The Kier molecular flexibility index (Phi) is 8.48. The van der Waals surface area contributed by atoms with Gasteiger partial charge in [0.2, 0.25) is 5.91 Å². The van der Waals surface area contributed by atoms with Crippen molar-refractivity contribution in [2.45, 2.75) is 64.4 Å². The summed E-state index contributed by atoms with van der Waals surface area (Å²) in [5.41, 5.74) is 0. The molecule has 0 aromatic carbocycles. The van der Waals surface area contributed by atoms with Gasteiger partial charge in [-0.05, 0) is 0 Å². The van der Waals surface area contributed by atoms with Crippen molar-refractivity contribution in [3.05, 3.63) is 0 Å². The number of hydrogen-bond donors (Lipinski definition) is 2. The van der Waals surface area contributed by atoms with Crippen molar-refractivity contribution >= 4 is 35.9 Å². The molecule has 0 aromatic rings. The van der Waals surface area contributed by atoms with Crippen LogP contribution in [0.1, 0.15) is 27.7 Å². The van der Waals surface area contributed by atoms with Gasteiger partial charge in [-0.15, -0.1) is 0 Å². The van der Waals surface area contributed by atoms with E-state index in [1.54, 1.807) is 0 Å². The Morgan fingerprint density at radius 1 is 0.938 bits per heavy atom. The third-order valence-corrected chi connectivity index (χ3v) is 4.27. The Labute approximate surface area is 182 Å². The lowest BCUT2D eigenvalue weighted by molar-refractivity contribution is -0.278. The molecule has 0 saturated carbocycles. The van der Waals surface area contributed by atoms with Crippen LogP contribution >= 0.6 is 0 Å². The van der Waals surface area contributed by atoms with Gasteiger partial charge in [0.25, 0.3) is 0 Å². The molecule has 2 rings (SSSR count). The van der Waals surface area contributed by atoms with Gasteiger partial charge in [0.1, 0.15) is 18.8 Å². The van der Waals surface area contributed by atoms with Crippen molar-refractivity contribution in [3.63, 3.8) is 0 Å². The predicted octanol–water partition coefficient (Wildman–Crippen LogP) is -1.71. The molecule has 2 saturated heterocycles. The summed E-state index contributed by atoms with van der Waals surface area (Å²) < 4.78 is 31.2. The number of cyclic esters (lactones) is 2. The molecule has 0 spiro atoms. The first-order chi connectivity index (χ1) is 15.0. The second-order valence-electron chi connectivity index (χ2n) is 6.96. The Bertz CT molecular complexity index is 784. The summed E-state index contributed by atoms with van der Waals surface area (Å²) in [5.74, 6) is -3.61. The van der Waals surface area contributed by atoms with E-state index in [9.17, 15) is 28.8 Å². The van der Waals surface area contributed by atoms with Crippen molar-refractivity contribution < 1.29 is 57.2 Å². The Morgan fingerprint density at radius 3 is 2.06 bits per heavy atom. The first kappa shape index (κ1) is 25.0. The number of amides is 2. The molecule has 2 heterocycles. The lowest BCUT2D eigenvalue weighted by Gasteiger charge is -2.45. The highest BCUT2D eigenvalue weighted by molar-refractivity contribution is 5.95. The van der Waals surface area contributed by atoms with Crippen LogP contribution in [0.3, 0.4) is 0 Å². The fraction of sp³-hybridized carbons (Fsp3) is 0.667. The number of carbonyl (C=O) groups is 6. The minimum absolute atomic E-state index is 0.403. The molecule has 0 aromatic heterocycles. The van der Waals surface area contributed by atoms with Crippen molar-refractivity contribution in [3.8, 4) is 0 Å². The second-order valence-corrected chi connectivity index (χ2v) is 6.96. The predicted molar refractivity (Wildman–Crippen MR) is 98.4 cm³/mol. The van der Waals surface area contributed by atoms with Crippen LogP contribution < -0.4 is 10.6 Å². The summed E-state index contributed by atoms with van der Waals surface area (Å²) in [5, 5.41) is 4.73. The number of ether oxygens (including phenoxy) is 6. The number of rotatable bonds is 8. The molecule has 32 heavy (non-hydrogen) atoms. The lowest BCUT2D eigenvalue weighted by atomic mass is 9.96. The molecule has 0 aliphatic carbocycles. The highest BCUT2D eigenvalue weighted by Crippen LogP contribution is 2.28. The smallest absolute Gasteiger partial charge is 0.415 e. The highest BCUT2D eigenvalue weighted by Gasteiger charge is 2.51. The van der Waals surface area contributed by atoms with E-state index in [2.05, 4.69) is 15.4 Å². The monoisotopic (exact) mass is 460 g/mol. The summed E-state index contributed by atoms with van der Waals surface area (Å²) in [4.78, 5) is 69.4. The molecule has 6 atom stereocenters. The van der Waals surface area contributed by atoms with Crippen LogP contribution in [0.5, 0.6) is 0 Å². The Hall–Kier alpha value is -3.26. The van der Waals surface area contributed by atoms with Gasteiger partial charge in [0.05, 0.1) is 6.61 Å². The lowest BCUT2D eigenvalue weighted by Crippen LogP contribution is -2.66. The average molecular weight is 460 g/mol. The van der Waals surface area contributed by atoms with Crippen LogP contribution in [0, 0.1) is 0 Å². The van der Waals surface area contributed by atoms with Crippen molar-refractivity contribution in [2.24, 2.45) is 0 Å². The van der Waals surface area contributed by atoms with Gasteiger partial charge in [-0.25, -0.2) is 9.59 Å². The molecule has 2 N–H and O–H groups in total. The third-order valence-electron chi connectivity index (χ3n) is 4.27. The van der Waals surface area contributed by atoms with Crippen molar-refractivity contribution in [2.75, 3.05) is 13.2 Å². The van der Waals surface area contributed by atoms with E-state index in [0.717, 1.165) is 20.8 Å². The number of alkyl carbamates (subject to hydrolysis) is 1. The van der Waals surface area contributed by atoms with Gasteiger partial charge in [-0.2, -0.15) is 0 Å². The zero-order chi connectivity index (χ0) is 24.0. The molecule has 2 aliphatic heterocycles. The zero-order valence-electron chi connectivity index (χ0n) is 17.8. The van der Waals surface area contributed by atoms with Crippen LogP contribution in [0.25, 0.3) is 0 Å². The molecular weight excluding hydrogens is 436 g/mol.